The molecule has 0 spiro atoms. The Hall–Kier alpha value is -5.30. The Morgan fingerprint density at radius 2 is 1.18 bits per heavy atom. The maximum Gasteiger partial charge on any atom is 1.00 e. The van der Waals surface area contributed by atoms with Gasteiger partial charge >= 0.3 is 59.1 Å². The van der Waals surface area contributed by atoms with Crippen molar-refractivity contribution in [2.24, 2.45) is 10.2 Å². The number of Topliss-reactive ketones (excluding diaryl/α,β-unsaturated/α-hetero) is 1. The summed E-state index contributed by atoms with van der Waals surface area (Å²) in [4.78, 5) is 60.5. The van der Waals surface area contributed by atoms with Crippen molar-refractivity contribution in [1.82, 2.24) is 0 Å². The summed E-state index contributed by atoms with van der Waals surface area (Å²) in [5.74, 6) is -4.02. The second-order valence-corrected chi connectivity index (χ2v) is 12.6. The Balaban J connectivity index is 0.00000336. The number of anilines is 4. The molecule has 0 aliphatic heterocycles. The molecule has 2 aliphatic carbocycles. The first-order valence-electron chi connectivity index (χ1n) is 15.4. The van der Waals surface area contributed by atoms with Crippen LogP contribution in [0.25, 0.3) is 6.08 Å². The zero-order chi connectivity index (χ0) is 37.7. The standard InChI is InChI=1S/C37H26N6O9S.2Na/c44-31-17-15-28(20-30(31)37(48)49)42-40-25-8-6-22(7-9-25)36(47)38-24-10-12-26(13-11-24)41-43-33-32(53(50,51)52)19-23-18-27(14-16-29(23)34(33)45)39-35(46)21-4-2-1-3-5-21;;/h1-20,40-41H,(H,38,47)(H,39,46)(H,48,49)(H,50,51,52);;/q;2*+1/p-2/b42-28+,43-33-;;. The number of carbonyl (C=O) groups excluding carboxylic acids is 5. The summed E-state index contributed by atoms with van der Waals surface area (Å²) in [6, 6.07) is 24.8. The fraction of sp³-hybridized carbons (Fsp3) is 0. The molecule has 6 rings (SSSR count). The third-order valence-electron chi connectivity index (χ3n) is 7.68. The van der Waals surface area contributed by atoms with Crippen LogP contribution in [0, 0.1) is 0 Å². The van der Waals surface area contributed by atoms with Crippen LogP contribution in [0.3, 0.4) is 0 Å². The average molecular weight is 775 g/mol. The van der Waals surface area contributed by atoms with Crippen LogP contribution in [-0.2, 0) is 19.7 Å². The molecule has 4 aromatic rings. The third-order valence-corrected chi connectivity index (χ3v) is 8.53. The van der Waals surface area contributed by atoms with Crippen molar-refractivity contribution in [2.75, 3.05) is 21.5 Å². The fourth-order valence-electron chi connectivity index (χ4n) is 5.03. The second-order valence-electron chi connectivity index (χ2n) is 11.3. The van der Waals surface area contributed by atoms with E-state index in [2.05, 4.69) is 31.7 Å². The Morgan fingerprint density at radius 1 is 0.636 bits per heavy atom. The van der Waals surface area contributed by atoms with Gasteiger partial charge in [-0.25, -0.2) is 8.42 Å². The molecule has 15 nitrogen and oxygen atoms in total. The summed E-state index contributed by atoms with van der Waals surface area (Å²) in [5, 5.41) is 24.4. The first-order valence-corrected chi connectivity index (χ1v) is 16.8. The Labute approximate surface area is 357 Å². The number of carbonyl (C=O) groups is 5. The number of rotatable bonds is 10. The number of aliphatic carboxylic acids is 1. The van der Waals surface area contributed by atoms with E-state index in [1.54, 1.807) is 42.5 Å². The predicted octanol–water partition coefficient (Wildman–Crippen LogP) is -2.67. The van der Waals surface area contributed by atoms with Crippen molar-refractivity contribution < 1.29 is 101 Å². The van der Waals surface area contributed by atoms with Crippen molar-refractivity contribution in [3.63, 3.8) is 0 Å². The van der Waals surface area contributed by atoms with E-state index >= 15 is 0 Å². The summed E-state index contributed by atoms with van der Waals surface area (Å²) in [7, 11) is -5.16. The molecule has 0 atom stereocenters. The molecule has 0 aromatic heterocycles. The number of hydrogen-bond donors (Lipinski definition) is 4. The number of amides is 2. The van der Waals surface area contributed by atoms with Crippen LogP contribution in [0.1, 0.15) is 36.6 Å². The third kappa shape index (κ3) is 10.5. The maximum atomic E-state index is 13.3. The van der Waals surface area contributed by atoms with Crippen LogP contribution in [0.5, 0.6) is 0 Å². The van der Waals surface area contributed by atoms with Crippen LogP contribution < -0.4 is 85.7 Å². The second kappa shape index (κ2) is 18.4. The quantitative estimate of drug-likeness (QED) is 0.0426. The number of nitrogens with zero attached hydrogens (tertiary/aromatic N) is 2. The summed E-state index contributed by atoms with van der Waals surface area (Å²) < 4.78 is 36.6. The van der Waals surface area contributed by atoms with Gasteiger partial charge in [-0.1, -0.05) is 18.2 Å². The number of fused-ring (bicyclic) bond motifs is 1. The Kier molecular flexibility index (Phi) is 14.2. The molecule has 55 heavy (non-hydrogen) atoms. The molecule has 0 saturated heterocycles. The summed E-state index contributed by atoms with van der Waals surface area (Å²) >= 11 is 0. The normalized spacial score (nSPS) is 14.7. The number of hydrogen-bond acceptors (Lipinski definition) is 13. The van der Waals surface area contributed by atoms with E-state index in [4.69, 9.17) is 0 Å². The predicted molar refractivity (Wildman–Crippen MR) is 193 cm³/mol. The molecule has 4 N–H and O–H groups in total. The van der Waals surface area contributed by atoms with E-state index in [0.717, 1.165) is 18.2 Å². The van der Waals surface area contributed by atoms with Gasteiger partial charge in [0.1, 0.15) is 15.8 Å². The number of nitrogens with one attached hydrogen (secondary N) is 4. The molecule has 2 amide bonds. The molecule has 264 valence electrons. The number of carboxylic acids is 1. The largest absolute Gasteiger partial charge is 1.00 e. The van der Waals surface area contributed by atoms with Crippen LogP contribution >= 0.6 is 0 Å². The molecule has 0 unspecified atom stereocenters. The topological polar surface area (TPSA) is 238 Å². The average Bonchev–Trinajstić information content (AvgIpc) is 3.14. The zero-order valence-electron chi connectivity index (χ0n) is 29.0. The summed E-state index contributed by atoms with van der Waals surface area (Å²) in [5.41, 5.74) is 6.59. The molecule has 4 aromatic carbocycles. The zero-order valence-corrected chi connectivity index (χ0v) is 33.8. The first kappa shape index (κ1) is 42.4. The monoisotopic (exact) mass is 774 g/mol. The van der Waals surface area contributed by atoms with Crippen LogP contribution in [0.15, 0.2) is 136 Å². The van der Waals surface area contributed by atoms with Crippen molar-refractivity contribution >= 4 is 79.7 Å². The first-order chi connectivity index (χ1) is 25.4. The molecular formula is C37H24N6Na2O9S. The smallest absolute Gasteiger partial charge is 0.744 e. The number of benzene rings is 4. The molecule has 0 saturated carbocycles. The van der Waals surface area contributed by atoms with E-state index in [0.29, 0.717) is 28.2 Å². The Morgan fingerprint density at radius 3 is 1.80 bits per heavy atom. The van der Waals surface area contributed by atoms with Gasteiger partial charge in [0.2, 0.25) is 5.78 Å². The minimum absolute atomic E-state index is 0. The van der Waals surface area contributed by atoms with Gasteiger partial charge in [0.15, 0.2) is 5.78 Å². The van der Waals surface area contributed by atoms with Crippen molar-refractivity contribution in [3.05, 3.63) is 148 Å². The van der Waals surface area contributed by atoms with E-state index in [1.807, 2.05) is 0 Å². The van der Waals surface area contributed by atoms with Gasteiger partial charge < -0.3 is 25.1 Å². The minimum Gasteiger partial charge on any atom is -0.744 e. The van der Waals surface area contributed by atoms with E-state index in [-0.39, 0.29) is 81.6 Å². The van der Waals surface area contributed by atoms with E-state index in [9.17, 15) is 42.0 Å². The van der Waals surface area contributed by atoms with E-state index in [1.165, 1.54) is 60.7 Å². The van der Waals surface area contributed by atoms with Gasteiger partial charge in [-0.2, -0.15) is 10.2 Å². The molecule has 18 heteroatoms. The number of ketones is 2. The van der Waals surface area contributed by atoms with Gasteiger partial charge in [-0.05, 0) is 109 Å². The van der Waals surface area contributed by atoms with Crippen molar-refractivity contribution in [1.29, 1.82) is 0 Å². The molecule has 2 aliphatic rings. The van der Waals surface area contributed by atoms with Gasteiger partial charge in [0.25, 0.3) is 11.8 Å². The SMILES string of the molecule is O=C([O-])C1=C/C(=N/Nc2ccc(C(=O)Nc3ccc(N/N=C4\C(=O)c5ccc(NC(=O)c6ccccc6)cc5C=C4S(=O)(=O)[O-])cc3)cc2)C=CC1=O.[Na+].[Na+]. The number of carboxylic acid groups (broad SMARTS) is 1. The van der Waals surface area contributed by atoms with E-state index < -0.39 is 55.7 Å². The number of allylic oxidation sites excluding steroid dienone is 4. The molecule has 0 radical (unpaired) electrons. The van der Waals surface area contributed by atoms with Crippen molar-refractivity contribution in [2.45, 2.75) is 0 Å². The Bertz CT molecular complexity index is 2460. The molecular weight excluding hydrogens is 750 g/mol. The minimum atomic E-state index is -5.16. The van der Waals surface area contributed by atoms with Gasteiger partial charge in [-0.15, -0.1) is 0 Å². The number of hydrazone groups is 2. The van der Waals surface area contributed by atoms with Gasteiger partial charge in [-0.3, -0.25) is 30.0 Å². The maximum absolute atomic E-state index is 13.3. The fourth-order valence-corrected chi connectivity index (χ4v) is 5.68. The molecule has 0 heterocycles. The van der Waals surface area contributed by atoms with Crippen LogP contribution in [-0.4, -0.2) is 53.7 Å². The van der Waals surface area contributed by atoms with Gasteiger partial charge in [0.05, 0.1) is 28.0 Å². The van der Waals surface area contributed by atoms with Crippen LogP contribution in [0.2, 0.25) is 0 Å². The van der Waals surface area contributed by atoms with Crippen molar-refractivity contribution in [3.8, 4) is 0 Å². The van der Waals surface area contributed by atoms with Gasteiger partial charge in [0, 0.05) is 33.6 Å². The molecule has 0 fully saturated rings. The summed E-state index contributed by atoms with van der Waals surface area (Å²) in [6.45, 7) is 0. The van der Waals surface area contributed by atoms with Crippen LogP contribution in [0.4, 0.5) is 22.7 Å². The summed E-state index contributed by atoms with van der Waals surface area (Å²) in [6.07, 6.45) is 4.50. The molecule has 0 bridgehead atoms.